The third-order valence-corrected chi connectivity index (χ3v) is 3.77. The molecule has 1 aromatic rings. The predicted octanol–water partition coefficient (Wildman–Crippen LogP) is 2.23. The van der Waals surface area contributed by atoms with Gasteiger partial charge >= 0.3 is 0 Å². The first kappa shape index (κ1) is 16.6. The molecule has 0 saturated carbocycles. The summed E-state index contributed by atoms with van der Waals surface area (Å²) in [5, 5.41) is 12.6. The van der Waals surface area contributed by atoms with Gasteiger partial charge in [0.05, 0.1) is 6.07 Å². The van der Waals surface area contributed by atoms with Gasteiger partial charge in [-0.3, -0.25) is 10.3 Å². The first-order valence-corrected chi connectivity index (χ1v) is 7.26. The molecule has 2 atom stereocenters. The Balaban J connectivity index is 2.46. The van der Waals surface area contributed by atoms with E-state index in [0.29, 0.717) is 6.04 Å². The van der Waals surface area contributed by atoms with Crippen molar-refractivity contribution in [2.24, 2.45) is 0 Å². The van der Waals surface area contributed by atoms with Gasteiger partial charge in [0.1, 0.15) is 5.54 Å². The maximum atomic E-state index is 9.32. The van der Waals surface area contributed by atoms with E-state index in [1.165, 1.54) is 5.56 Å². The van der Waals surface area contributed by atoms with Crippen molar-refractivity contribution in [3.63, 3.8) is 0 Å². The van der Waals surface area contributed by atoms with Crippen molar-refractivity contribution >= 4 is 0 Å². The van der Waals surface area contributed by atoms with Gasteiger partial charge in [0.15, 0.2) is 0 Å². The van der Waals surface area contributed by atoms with E-state index in [1.807, 2.05) is 26.2 Å². The Morgan fingerprint density at radius 1 is 1.45 bits per heavy atom. The number of pyridine rings is 1. The van der Waals surface area contributed by atoms with Crippen LogP contribution in [0.25, 0.3) is 0 Å². The van der Waals surface area contributed by atoms with Crippen molar-refractivity contribution in [3.05, 3.63) is 30.1 Å². The lowest BCUT2D eigenvalue weighted by molar-refractivity contribution is 0.216. The monoisotopic (exact) mass is 274 g/mol. The summed E-state index contributed by atoms with van der Waals surface area (Å²) >= 11 is 0. The molecule has 20 heavy (non-hydrogen) atoms. The molecule has 0 aliphatic rings. The highest BCUT2D eigenvalue weighted by atomic mass is 15.1. The Bertz CT molecular complexity index is 426. The fourth-order valence-electron chi connectivity index (χ4n) is 2.37. The summed E-state index contributed by atoms with van der Waals surface area (Å²) in [5.74, 6) is 0. The molecule has 0 aromatic carbocycles. The van der Waals surface area contributed by atoms with Crippen molar-refractivity contribution in [2.75, 3.05) is 20.1 Å². The zero-order valence-electron chi connectivity index (χ0n) is 13.1. The van der Waals surface area contributed by atoms with E-state index >= 15 is 0 Å². The van der Waals surface area contributed by atoms with E-state index in [1.54, 1.807) is 0 Å². The molecular weight excluding hydrogens is 248 g/mol. The summed E-state index contributed by atoms with van der Waals surface area (Å²) in [6.07, 6.45) is 5.49. The smallest absolute Gasteiger partial charge is 0.105 e. The van der Waals surface area contributed by atoms with E-state index in [-0.39, 0.29) is 0 Å². The molecule has 0 aliphatic heterocycles. The number of hydrogen-bond donors (Lipinski definition) is 1. The molecule has 1 rings (SSSR count). The van der Waals surface area contributed by atoms with Crippen LogP contribution in [-0.2, 0) is 6.42 Å². The Morgan fingerprint density at radius 3 is 2.65 bits per heavy atom. The van der Waals surface area contributed by atoms with Gasteiger partial charge in [-0.1, -0.05) is 6.92 Å². The van der Waals surface area contributed by atoms with Crippen LogP contribution in [0.3, 0.4) is 0 Å². The molecule has 0 amide bonds. The molecule has 0 aliphatic carbocycles. The topological polar surface area (TPSA) is 52.0 Å². The SMILES string of the molecule is CCNC(C)(C#N)CC(C)N(C)CCc1ccncc1. The van der Waals surface area contributed by atoms with Crippen molar-refractivity contribution in [1.29, 1.82) is 5.26 Å². The number of rotatable bonds is 8. The van der Waals surface area contributed by atoms with Gasteiger partial charge in [-0.2, -0.15) is 5.26 Å². The normalized spacial score (nSPS) is 15.6. The average molecular weight is 274 g/mol. The molecule has 4 heteroatoms. The highest BCUT2D eigenvalue weighted by molar-refractivity contribution is 5.10. The third kappa shape index (κ3) is 5.28. The quantitative estimate of drug-likeness (QED) is 0.790. The van der Waals surface area contributed by atoms with Gasteiger partial charge in [-0.05, 0) is 58.0 Å². The van der Waals surface area contributed by atoms with Gasteiger partial charge in [-0.15, -0.1) is 0 Å². The van der Waals surface area contributed by atoms with Crippen LogP contribution in [0.4, 0.5) is 0 Å². The van der Waals surface area contributed by atoms with Crippen LogP contribution in [-0.4, -0.2) is 41.6 Å². The predicted molar refractivity (Wildman–Crippen MR) is 82.3 cm³/mol. The van der Waals surface area contributed by atoms with Crippen LogP contribution in [0, 0.1) is 11.3 Å². The summed E-state index contributed by atoms with van der Waals surface area (Å²) in [4.78, 5) is 6.34. The molecule has 110 valence electrons. The number of hydrogen-bond acceptors (Lipinski definition) is 4. The lowest BCUT2D eigenvalue weighted by Gasteiger charge is -2.31. The number of likely N-dealkylation sites (N-methyl/N-ethyl adjacent to an activating group) is 1. The van der Waals surface area contributed by atoms with E-state index in [9.17, 15) is 5.26 Å². The second kappa shape index (κ2) is 7.98. The second-order valence-corrected chi connectivity index (χ2v) is 5.61. The third-order valence-electron chi connectivity index (χ3n) is 3.77. The molecule has 1 heterocycles. The summed E-state index contributed by atoms with van der Waals surface area (Å²) < 4.78 is 0. The van der Waals surface area contributed by atoms with Gasteiger partial charge < -0.3 is 4.90 Å². The molecule has 0 radical (unpaired) electrons. The summed E-state index contributed by atoms with van der Waals surface area (Å²) in [6, 6.07) is 6.86. The second-order valence-electron chi connectivity index (χ2n) is 5.61. The lowest BCUT2D eigenvalue weighted by atomic mass is 9.94. The number of nitrogens with one attached hydrogen (secondary N) is 1. The van der Waals surface area contributed by atoms with E-state index < -0.39 is 5.54 Å². The van der Waals surface area contributed by atoms with Gasteiger partial charge in [0.25, 0.3) is 0 Å². The minimum absolute atomic E-state index is 0.362. The summed E-state index contributed by atoms with van der Waals surface area (Å²) in [5.41, 5.74) is 0.854. The standard InChI is InChI=1S/C16H26N4/c1-5-19-16(3,13-17)12-14(2)20(4)11-8-15-6-9-18-10-7-15/h6-7,9-10,14,19H,5,8,11-12H2,1-4H3. The van der Waals surface area contributed by atoms with Crippen LogP contribution in [0.15, 0.2) is 24.5 Å². The number of nitriles is 1. The van der Waals surface area contributed by atoms with E-state index in [2.05, 4.69) is 47.4 Å². The highest BCUT2D eigenvalue weighted by Crippen LogP contribution is 2.15. The number of nitrogens with zero attached hydrogens (tertiary/aromatic N) is 3. The Kier molecular flexibility index (Phi) is 6.63. The van der Waals surface area contributed by atoms with E-state index in [0.717, 1.165) is 25.9 Å². The van der Waals surface area contributed by atoms with Crippen LogP contribution in [0.1, 0.15) is 32.8 Å². The summed E-state index contributed by atoms with van der Waals surface area (Å²) in [6.45, 7) is 7.99. The van der Waals surface area contributed by atoms with Crippen LogP contribution in [0.2, 0.25) is 0 Å². The van der Waals surface area contributed by atoms with Gasteiger partial charge in [0.2, 0.25) is 0 Å². The molecular formula is C16H26N4. The van der Waals surface area contributed by atoms with Gasteiger partial charge in [-0.25, -0.2) is 0 Å². The fourth-order valence-corrected chi connectivity index (χ4v) is 2.37. The van der Waals surface area contributed by atoms with E-state index in [4.69, 9.17) is 0 Å². The zero-order valence-corrected chi connectivity index (χ0v) is 13.1. The van der Waals surface area contributed by atoms with Crippen LogP contribution >= 0.6 is 0 Å². The van der Waals surface area contributed by atoms with Crippen LogP contribution < -0.4 is 5.32 Å². The van der Waals surface area contributed by atoms with Crippen LogP contribution in [0.5, 0.6) is 0 Å². The van der Waals surface area contributed by atoms with Gasteiger partial charge in [0, 0.05) is 25.0 Å². The number of aromatic nitrogens is 1. The Hall–Kier alpha value is -1.44. The largest absolute Gasteiger partial charge is 0.303 e. The highest BCUT2D eigenvalue weighted by Gasteiger charge is 2.26. The maximum absolute atomic E-state index is 9.32. The maximum Gasteiger partial charge on any atom is 0.105 e. The average Bonchev–Trinajstić information content (AvgIpc) is 2.46. The molecule has 0 saturated heterocycles. The minimum atomic E-state index is -0.445. The molecule has 0 spiro atoms. The molecule has 2 unspecified atom stereocenters. The molecule has 1 N–H and O–H groups in total. The zero-order chi connectivity index (χ0) is 15.0. The molecule has 0 bridgehead atoms. The molecule has 0 fully saturated rings. The first-order chi connectivity index (χ1) is 9.50. The molecule has 4 nitrogen and oxygen atoms in total. The summed E-state index contributed by atoms with van der Waals surface area (Å²) in [7, 11) is 2.12. The fraction of sp³-hybridized carbons (Fsp3) is 0.625. The van der Waals surface area contributed by atoms with Crippen molar-refractivity contribution in [1.82, 2.24) is 15.2 Å². The van der Waals surface area contributed by atoms with Crippen molar-refractivity contribution in [2.45, 2.75) is 45.2 Å². The molecule has 1 aromatic heterocycles. The first-order valence-electron chi connectivity index (χ1n) is 7.26. The van der Waals surface area contributed by atoms with Crippen molar-refractivity contribution in [3.8, 4) is 6.07 Å². The minimum Gasteiger partial charge on any atom is -0.303 e. The Labute approximate surface area is 122 Å². The Morgan fingerprint density at radius 2 is 2.10 bits per heavy atom. The van der Waals surface area contributed by atoms with Crippen molar-refractivity contribution < 1.29 is 0 Å². The lowest BCUT2D eigenvalue weighted by Crippen LogP contribution is -2.46.